The van der Waals surface area contributed by atoms with E-state index in [1.54, 1.807) is 12.1 Å². The van der Waals surface area contributed by atoms with Crippen molar-refractivity contribution < 1.29 is 9.90 Å². The van der Waals surface area contributed by atoms with E-state index in [-0.39, 0.29) is 5.56 Å². The van der Waals surface area contributed by atoms with Crippen LogP contribution in [0.15, 0.2) is 35.8 Å². The van der Waals surface area contributed by atoms with Gasteiger partial charge in [0.2, 0.25) is 5.43 Å². The summed E-state index contributed by atoms with van der Waals surface area (Å²) in [7, 11) is 0. The van der Waals surface area contributed by atoms with Crippen LogP contribution in [0, 0.1) is 0 Å². The molecule has 0 aliphatic carbocycles. The van der Waals surface area contributed by atoms with Crippen LogP contribution in [-0.4, -0.2) is 15.6 Å². The maximum Gasteiger partial charge on any atom is 0.341 e. The van der Waals surface area contributed by atoms with Crippen LogP contribution in [0.1, 0.15) is 10.4 Å². The van der Waals surface area contributed by atoms with Gasteiger partial charge in [0, 0.05) is 22.8 Å². The van der Waals surface area contributed by atoms with Gasteiger partial charge in [-0.1, -0.05) is 18.2 Å². The minimum atomic E-state index is -1.26. The SMILES string of the molecule is C=Cn1cc(C(=O)O)c(=O)c2ccc(Cl)cc21. The largest absolute Gasteiger partial charge is 0.477 e. The van der Waals surface area contributed by atoms with Crippen LogP contribution >= 0.6 is 11.6 Å². The predicted octanol–water partition coefficient (Wildman–Crippen LogP) is 2.45. The summed E-state index contributed by atoms with van der Waals surface area (Å²) >= 11 is 5.84. The Morgan fingerprint density at radius 1 is 1.47 bits per heavy atom. The van der Waals surface area contributed by atoms with E-state index >= 15 is 0 Å². The molecule has 1 aromatic heterocycles. The lowest BCUT2D eigenvalue weighted by Gasteiger charge is -2.07. The van der Waals surface area contributed by atoms with E-state index in [2.05, 4.69) is 6.58 Å². The molecule has 0 fully saturated rings. The fourth-order valence-electron chi connectivity index (χ4n) is 1.63. The average Bonchev–Trinajstić information content (AvgIpc) is 2.29. The Balaban J connectivity index is 3.00. The number of benzene rings is 1. The van der Waals surface area contributed by atoms with Crippen LogP contribution < -0.4 is 5.43 Å². The summed E-state index contributed by atoms with van der Waals surface area (Å²) in [6.07, 6.45) is 2.65. The molecule has 0 atom stereocenters. The van der Waals surface area contributed by atoms with Crippen LogP contribution in [0.3, 0.4) is 0 Å². The molecule has 0 unspecified atom stereocenters. The molecule has 1 N–H and O–H groups in total. The van der Waals surface area contributed by atoms with E-state index < -0.39 is 11.4 Å². The Hall–Kier alpha value is -2.07. The molecule has 0 bridgehead atoms. The van der Waals surface area contributed by atoms with Crippen molar-refractivity contribution in [3.63, 3.8) is 0 Å². The van der Waals surface area contributed by atoms with Crippen molar-refractivity contribution >= 4 is 34.7 Å². The molecule has 0 radical (unpaired) electrons. The van der Waals surface area contributed by atoms with Gasteiger partial charge in [-0.15, -0.1) is 0 Å². The molecule has 0 saturated heterocycles. The molecule has 0 aliphatic rings. The molecule has 2 rings (SSSR count). The van der Waals surface area contributed by atoms with Crippen LogP contribution in [-0.2, 0) is 0 Å². The monoisotopic (exact) mass is 249 g/mol. The summed E-state index contributed by atoms with van der Waals surface area (Å²) in [5.74, 6) is -1.26. The molecule has 17 heavy (non-hydrogen) atoms. The average molecular weight is 250 g/mol. The van der Waals surface area contributed by atoms with Crippen LogP contribution in [0.4, 0.5) is 0 Å². The van der Waals surface area contributed by atoms with Gasteiger partial charge in [0.1, 0.15) is 5.56 Å². The zero-order valence-electron chi connectivity index (χ0n) is 8.68. The molecule has 0 saturated carbocycles. The highest BCUT2D eigenvalue weighted by atomic mass is 35.5. The number of fused-ring (bicyclic) bond motifs is 1. The number of aromatic carboxylic acids is 1. The van der Waals surface area contributed by atoms with Gasteiger partial charge >= 0.3 is 5.97 Å². The molecule has 4 nitrogen and oxygen atoms in total. The van der Waals surface area contributed by atoms with E-state index in [1.807, 2.05) is 0 Å². The molecule has 0 amide bonds. The molecule has 2 aromatic rings. The zero-order chi connectivity index (χ0) is 12.6. The van der Waals surface area contributed by atoms with Crippen molar-refractivity contribution in [3.8, 4) is 0 Å². The van der Waals surface area contributed by atoms with Crippen molar-refractivity contribution in [2.24, 2.45) is 0 Å². The molecule has 0 aliphatic heterocycles. The number of carbonyl (C=O) groups is 1. The van der Waals surface area contributed by atoms with Gasteiger partial charge in [-0.3, -0.25) is 4.79 Å². The number of pyridine rings is 1. The number of nitrogens with zero attached hydrogens (tertiary/aromatic N) is 1. The molecule has 86 valence electrons. The van der Waals surface area contributed by atoms with Gasteiger partial charge in [0.25, 0.3) is 0 Å². The summed E-state index contributed by atoms with van der Waals surface area (Å²) in [6.45, 7) is 3.57. The number of rotatable bonds is 2. The first-order chi connectivity index (χ1) is 8.04. The predicted molar refractivity (Wildman–Crippen MR) is 66.6 cm³/mol. The molecule has 1 heterocycles. The zero-order valence-corrected chi connectivity index (χ0v) is 9.44. The molecular weight excluding hydrogens is 242 g/mol. The van der Waals surface area contributed by atoms with Gasteiger partial charge in [0.15, 0.2) is 0 Å². The third-order valence-corrected chi connectivity index (χ3v) is 2.66. The summed E-state index contributed by atoms with van der Waals surface area (Å²) in [4.78, 5) is 22.8. The van der Waals surface area contributed by atoms with Gasteiger partial charge in [0.05, 0.1) is 5.52 Å². The lowest BCUT2D eigenvalue weighted by Crippen LogP contribution is -2.17. The second-order valence-electron chi connectivity index (χ2n) is 3.43. The van der Waals surface area contributed by atoms with Crippen LogP contribution in [0.5, 0.6) is 0 Å². The normalized spacial score (nSPS) is 10.4. The van der Waals surface area contributed by atoms with Crippen LogP contribution in [0.25, 0.3) is 17.1 Å². The first kappa shape index (κ1) is 11.4. The van der Waals surface area contributed by atoms with E-state index in [0.717, 1.165) is 0 Å². The Kier molecular flexibility index (Phi) is 2.73. The van der Waals surface area contributed by atoms with Crippen LogP contribution in [0.2, 0.25) is 5.02 Å². The van der Waals surface area contributed by atoms with Crippen molar-refractivity contribution in [2.45, 2.75) is 0 Å². The van der Waals surface area contributed by atoms with Gasteiger partial charge < -0.3 is 9.67 Å². The summed E-state index contributed by atoms with van der Waals surface area (Å²) < 4.78 is 1.46. The Morgan fingerprint density at radius 3 is 2.76 bits per heavy atom. The first-order valence-electron chi connectivity index (χ1n) is 4.75. The summed E-state index contributed by atoms with van der Waals surface area (Å²) in [5.41, 5.74) is -0.288. The van der Waals surface area contributed by atoms with Gasteiger partial charge in [-0.25, -0.2) is 4.79 Å². The second kappa shape index (κ2) is 4.07. The third kappa shape index (κ3) is 1.83. The minimum absolute atomic E-state index is 0.292. The number of carboxylic acid groups (broad SMARTS) is 1. The maximum atomic E-state index is 11.9. The number of hydrogen-bond donors (Lipinski definition) is 1. The Morgan fingerprint density at radius 2 is 2.18 bits per heavy atom. The quantitative estimate of drug-likeness (QED) is 0.889. The summed E-state index contributed by atoms with van der Waals surface area (Å²) in [5, 5.41) is 9.69. The highest BCUT2D eigenvalue weighted by Gasteiger charge is 2.13. The number of halogens is 1. The highest BCUT2D eigenvalue weighted by molar-refractivity contribution is 6.31. The van der Waals surface area contributed by atoms with Crippen molar-refractivity contribution in [1.82, 2.24) is 4.57 Å². The van der Waals surface area contributed by atoms with E-state index in [1.165, 1.54) is 23.0 Å². The number of carboxylic acids is 1. The van der Waals surface area contributed by atoms with Crippen molar-refractivity contribution in [1.29, 1.82) is 0 Å². The fraction of sp³-hybridized carbons (Fsp3) is 0. The lowest BCUT2D eigenvalue weighted by atomic mass is 10.1. The second-order valence-corrected chi connectivity index (χ2v) is 3.86. The molecule has 1 aromatic carbocycles. The van der Waals surface area contributed by atoms with Gasteiger partial charge in [-0.2, -0.15) is 0 Å². The van der Waals surface area contributed by atoms with Crippen molar-refractivity contribution in [3.05, 3.63) is 51.8 Å². The Bertz CT molecular complexity index is 688. The minimum Gasteiger partial charge on any atom is -0.477 e. The van der Waals surface area contributed by atoms with Gasteiger partial charge in [-0.05, 0) is 18.2 Å². The van der Waals surface area contributed by atoms with Crippen molar-refractivity contribution in [2.75, 3.05) is 0 Å². The first-order valence-corrected chi connectivity index (χ1v) is 5.12. The standard InChI is InChI=1S/C12H8ClNO3/c1-2-14-6-9(12(16)17)11(15)8-4-3-7(13)5-10(8)14/h2-6H,1H2,(H,16,17). The summed E-state index contributed by atoms with van der Waals surface area (Å²) in [6, 6.07) is 4.64. The molecule has 0 spiro atoms. The lowest BCUT2D eigenvalue weighted by molar-refractivity contribution is 0.0695. The van der Waals surface area contributed by atoms with E-state index in [4.69, 9.17) is 16.7 Å². The maximum absolute atomic E-state index is 11.9. The third-order valence-electron chi connectivity index (χ3n) is 2.42. The van der Waals surface area contributed by atoms with E-state index in [0.29, 0.717) is 15.9 Å². The number of hydrogen-bond acceptors (Lipinski definition) is 2. The molecule has 5 heteroatoms. The Labute approximate surface area is 101 Å². The number of aromatic nitrogens is 1. The highest BCUT2D eigenvalue weighted by Crippen LogP contribution is 2.18. The topological polar surface area (TPSA) is 59.3 Å². The smallest absolute Gasteiger partial charge is 0.341 e. The molecular formula is C12H8ClNO3. The fourth-order valence-corrected chi connectivity index (χ4v) is 1.79. The van der Waals surface area contributed by atoms with E-state index in [9.17, 15) is 9.59 Å².